The molecule has 0 radical (unpaired) electrons. The van der Waals surface area contributed by atoms with Crippen LogP contribution in [0.15, 0.2) is 331 Å². The number of carbonyl (C=O) groups excluding carboxylic acids is 6. The van der Waals surface area contributed by atoms with Crippen LogP contribution in [0, 0.1) is 0 Å². The average Bonchev–Trinajstić information content (AvgIpc) is 0.719. The van der Waals surface area contributed by atoms with Gasteiger partial charge in [0.05, 0.1) is 73.0 Å². The molecule has 0 spiro atoms. The second kappa shape index (κ2) is 46.2. The van der Waals surface area contributed by atoms with E-state index in [1.54, 1.807) is 109 Å². The number of fused-ring (bicyclic) bond motifs is 12. The smallest absolute Gasteiger partial charge is 0.343 e. The van der Waals surface area contributed by atoms with Crippen molar-refractivity contribution in [3.63, 3.8) is 0 Å². The zero-order valence-corrected chi connectivity index (χ0v) is 77.3. The third-order valence-corrected chi connectivity index (χ3v) is 24.1. The Morgan fingerprint density at radius 1 is 0.174 bits per heavy atom. The van der Waals surface area contributed by atoms with E-state index in [1.807, 2.05) is 146 Å². The quantitative estimate of drug-likeness (QED) is 0.0114. The Kier molecular flexibility index (Phi) is 31.9. The molecule has 696 valence electrons. The Labute approximate surface area is 801 Å². The van der Waals surface area contributed by atoms with Crippen molar-refractivity contribution in [1.82, 2.24) is 0 Å². The molecule has 138 heavy (non-hydrogen) atoms. The van der Waals surface area contributed by atoms with Gasteiger partial charge in [-0.15, -0.1) is 39.5 Å². The van der Waals surface area contributed by atoms with E-state index in [1.165, 1.54) is 36.4 Å². The molecule has 0 bridgehead atoms. The summed E-state index contributed by atoms with van der Waals surface area (Å²) >= 11 is 0. The van der Waals surface area contributed by atoms with Crippen molar-refractivity contribution in [2.24, 2.45) is 0 Å². The molecule has 0 atom stereocenters. The maximum absolute atomic E-state index is 15.4. The molecular formula is C120H108O18. The van der Waals surface area contributed by atoms with Crippen LogP contribution in [-0.2, 0) is 0 Å². The molecule has 16 aromatic carbocycles. The number of unbranched alkanes of at least 4 members (excludes halogenated alkanes) is 12. The van der Waals surface area contributed by atoms with E-state index in [0.29, 0.717) is 106 Å². The summed E-state index contributed by atoms with van der Waals surface area (Å²) in [6.07, 6.45) is 27.1. The van der Waals surface area contributed by atoms with Gasteiger partial charge in [0, 0.05) is 0 Å². The fourth-order valence-electron chi connectivity index (χ4n) is 16.6. The summed E-state index contributed by atoms with van der Waals surface area (Å²) in [6.45, 7) is 26.1. The Hall–Kier alpha value is -16.1. The monoisotopic (exact) mass is 1840 g/mol. The van der Waals surface area contributed by atoms with Crippen LogP contribution in [0.4, 0.5) is 0 Å². The SMILES string of the molecule is C=CCCCCOc1ccc2cc(C(=O)Oc3cc4c5cc(OC(=O)c6ccc7cc(OCCCCC=C)ccc7c6)c(OC(=O)c6ccc7cc(OCCCCC=C)ccc7c6)cc5c5cc(OC(=O)c6ccc7cc(OCCCCC=C)ccc7c6)c(OC(=O)c6ccc7cc(OCCCCC=C)ccc7c6)cc5c4cc3OC(=O)c3ccc4cc(OCCCCC=C)ccc4c3)ccc2c1. The predicted molar refractivity (Wildman–Crippen MR) is 550 cm³/mol. The first-order chi connectivity index (χ1) is 67.6. The van der Waals surface area contributed by atoms with Crippen LogP contribution in [-0.4, -0.2) is 75.5 Å². The van der Waals surface area contributed by atoms with E-state index in [-0.39, 0.29) is 100 Å². The Bertz CT molecular complexity index is 6200. The Morgan fingerprint density at radius 3 is 0.457 bits per heavy atom. The highest BCUT2D eigenvalue weighted by atomic mass is 16.6. The molecule has 0 fully saturated rings. The van der Waals surface area contributed by atoms with E-state index < -0.39 is 35.8 Å². The largest absolute Gasteiger partial charge is 0.494 e. The fraction of sp³-hybridized carbons (Fsp3) is 0.200. The van der Waals surface area contributed by atoms with Crippen LogP contribution in [0.2, 0.25) is 0 Å². The molecule has 0 aromatic heterocycles. The van der Waals surface area contributed by atoms with Gasteiger partial charge in [0.15, 0.2) is 34.5 Å². The summed E-state index contributed by atoms with van der Waals surface area (Å²) in [7, 11) is 0. The summed E-state index contributed by atoms with van der Waals surface area (Å²) in [5.74, 6) is -2.69. The molecule has 16 aromatic rings. The number of benzene rings is 16. The lowest BCUT2D eigenvalue weighted by atomic mass is 9.93. The van der Waals surface area contributed by atoms with Crippen molar-refractivity contribution in [2.75, 3.05) is 39.6 Å². The lowest BCUT2D eigenvalue weighted by Gasteiger charge is -2.19. The lowest BCUT2D eigenvalue weighted by Crippen LogP contribution is -2.14. The molecule has 0 unspecified atom stereocenters. The zero-order chi connectivity index (χ0) is 95.6. The summed E-state index contributed by atoms with van der Waals surface area (Å²) in [5.41, 5.74) is 0.763. The minimum absolute atomic E-state index is 0.127. The molecule has 0 heterocycles. The molecule has 0 amide bonds. The first-order valence-electron chi connectivity index (χ1n) is 47.1. The van der Waals surface area contributed by atoms with Gasteiger partial charge in [-0.25, -0.2) is 28.8 Å². The number of carbonyl (C=O) groups is 6. The third-order valence-electron chi connectivity index (χ3n) is 24.1. The molecule has 0 saturated heterocycles. The first kappa shape index (κ1) is 95.1. The highest BCUT2D eigenvalue weighted by molar-refractivity contribution is 6.27. The average molecular weight is 1840 g/mol. The van der Waals surface area contributed by atoms with Crippen molar-refractivity contribution in [3.05, 3.63) is 364 Å². The van der Waals surface area contributed by atoms with Crippen molar-refractivity contribution in [3.8, 4) is 69.0 Å². The third kappa shape index (κ3) is 24.0. The molecule has 0 N–H and O–H groups in total. The number of hydrogen-bond donors (Lipinski definition) is 0. The van der Waals surface area contributed by atoms with E-state index in [0.717, 1.165) is 148 Å². The van der Waals surface area contributed by atoms with Gasteiger partial charge in [0.25, 0.3) is 0 Å². The molecule has 0 saturated carbocycles. The molecule has 18 heteroatoms. The summed E-state index contributed by atoms with van der Waals surface area (Å²) in [4.78, 5) is 92.4. The van der Waals surface area contributed by atoms with Crippen LogP contribution >= 0.6 is 0 Å². The number of allylic oxidation sites excluding steroid dienone is 6. The van der Waals surface area contributed by atoms with Gasteiger partial charge >= 0.3 is 35.8 Å². The minimum Gasteiger partial charge on any atom is -0.494 e. The van der Waals surface area contributed by atoms with Gasteiger partial charge in [-0.05, 0) is 395 Å². The number of hydrogen-bond acceptors (Lipinski definition) is 18. The van der Waals surface area contributed by atoms with Gasteiger partial charge in [-0.2, -0.15) is 0 Å². The highest BCUT2D eigenvalue weighted by Gasteiger charge is 2.29. The van der Waals surface area contributed by atoms with Gasteiger partial charge in [-0.3, -0.25) is 0 Å². The second-order valence-corrected chi connectivity index (χ2v) is 34.0. The predicted octanol–water partition coefficient (Wildman–Crippen LogP) is 29.8. The van der Waals surface area contributed by atoms with E-state index in [4.69, 9.17) is 56.8 Å². The van der Waals surface area contributed by atoms with Crippen molar-refractivity contribution in [2.45, 2.75) is 116 Å². The highest BCUT2D eigenvalue weighted by Crippen LogP contribution is 2.49. The van der Waals surface area contributed by atoms with Crippen molar-refractivity contribution >= 4 is 133 Å². The number of ether oxygens (including phenoxy) is 12. The van der Waals surface area contributed by atoms with Crippen LogP contribution in [0.5, 0.6) is 69.0 Å². The molecule has 0 aliphatic heterocycles. The Balaban J connectivity index is 0.883. The van der Waals surface area contributed by atoms with Gasteiger partial charge in [0.1, 0.15) is 34.5 Å². The molecule has 18 nitrogen and oxygen atoms in total. The molecule has 16 rings (SSSR count). The van der Waals surface area contributed by atoms with Crippen molar-refractivity contribution in [1.29, 1.82) is 0 Å². The first-order valence-corrected chi connectivity index (χ1v) is 47.1. The summed E-state index contributed by atoms with van der Waals surface area (Å²) in [6, 6.07) is 73.4. The standard InChI is InChI=1S/C120H108O18/c1-7-13-19-25-55-127-97-49-43-79-61-91(37-31-85(79)67-97)115(121)133-109-73-103-104(74-110(109)134-116(122)92-38-32-86-68-98(50-44-80(86)62-92)128-56-26-20-14-8-2)106-76-112(136-118(124)94-40-34-88-70-100(52-46-82(88)64-94)130-58-28-22-16-10-4)114(138-120(126)96-42-36-90-72-102(54-48-84(90)66-96)132-60-30-24-18-12-6)78-108(106)107-77-113(137-119(125)95-41-35-89-71-101(53-47-83(89)65-95)131-59-29-23-17-11-5)111(75-105(103)107)135-117(123)93-39-33-87-69-99(51-45-81(87)63-93)129-57-27-21-15-9-3/h7-12,31-54,61-78H,1-6,13-30,55-60H2. The maximum Gasteiger partial charge on any atom is 0.343 e. The van der Waals surface area contributed by atoms with Gasteiger partial charge < -0.3 is 56.8 Å². The zero-order valence-electron chi connectivity index (χ0n) is 77.3. The minimum atomic E-state index is -0.848. The topological polar surface area (TPSA) is 213 Å². The summed E-state index contributed by atoms with van der Waals surface area (Å²) < 4.78 is 76.6. The maximum atomic E-state index is 15.4. The normalized spacial score (nSPS) is 11.2. The molecular weight excluding hydrogens is 1730 g/mol. The van der Waals surface area contributed by atoms with E-state index in [9.17, 15) is 0 Å². The van der Waals surface area contributed by atoms with Crippen LogP contribution in [0.1, 0.15) is 178 Å². The van der Waals surface area contributed by atoms with Crippen LogP contribution in [0.3, 0.4) is 0 Å². The van der Waals surface area contributed by atoms with Crippen molar-refractivity contribution < 1.29 is 85.6 Å². The fourth-order valence-corrected chi connectivity index (χ4v) is 16.6. The lowest BCUT2D eigenvalue weighted by molar-refractivity contribution is 0.0682. The van der Waals surface area contributed by atoms with Crippen LogP contribution < -0.4 is 56.8 Å². The van der Waals surface area contributed by atoms with E-state index >= 15 is 28.8 Å². The second-order valence-electron chi connectivity index (χ2n) is 34.0. The Morgan fingerprint density at radius 2 is 0.312 bits per heavy atom. The van der Waals surface area contributed by atoms with Crippen LogP contribution in [0.25, 0.3) is 97.0 Å². The van der Waals surface area contributed by atoms with E-state index in [2.05, 4.69) is 39.5 Å². The molecule has 0 aliphatic carbocycles. The summed E-state index contributed by atoms with van der Waals surface area (Å²) in [5, 5.41) is 10.4. The molecule has 0 aliphatic rings. The van der Waals surface area contributed by atoms with Gasteiger partial charge in [0.2, 0.25) is 0 Å². The number of esters is 6. The van der Waals surface area contributed by atoms with Gasteiger partial charge in [-0.1, -0.05) is 109 Å². The number of rotatable bonds is 48.